The van der Waals surface area contributed by atoms with E-state index in [0.29, 0.717) is 23.0 Å². The summed E-state index contributed by atoms with van der Waals surface area (Å²) in [5.41, 5.74) is 0.867. The fraction of sp³-hybridized carbons (Fsp3) is 0.286. The number of ether oxygens (including phenoxy) is 2. The minimum Gasteiger partial charge on any atom is -0.482 e. The van der Waals surface area contributed by atoms with Crippen molar-refractivity contribution in [3.63, 3.8) is 0 Å². The van der Waals surface area contributed by atoms with E-state index in [-0.39, 0.29) is 6.61 Å². The molecular formula is C14H16N4O3S. The molecule has 0 aliphatic rings. The second-order valence-electron chi connectivity index (χ2n) is 4.30. The number of aryl methyl sites for hydroxylation is 1. The fourth-order valence-corrected chi connectivity index (χ4v) is 1.85. The Balaban J connectivity index is 1.97. The van der Waals surface area contributed by atoms with Gasteiger partial charge in [-0.05, 0) is 55.9 Å². The third kappa shape index (κ3) is 4.26. The van der Waals surface area contributed by atoms with Crippen molar-refractivity contribution >= 4 is 24.4 Å². The summed E-state index contributed by atoms with van der Waals surface area (Å²) in [6, 6.07) is 7.15. The molecule has 22 heavy (non-hydrogen) atoms. The number of carbonyl (C=O) groups excluding carboxylic acids is 1. The van der Waals surface area contributed by atoms with Crippen LogP contribution in [0.2, 0.25) is 0 Å². The number of nitrogens with one attached hydrogen (secondary N) is 1. The fourth-order valence-electron chi connectivity index (χ4n) is 1.63. The number of aromatic nitrogens is 3. The van der Waals surface area contributed by atoms with Crippen LogP contribution in [0.25, 0.3) is 0 Å². The number of nitrogens with zero attached hydrogens (tertiary/aromatic N) is 3. The Morgan fingerprint density at radius 3 is 2.77 bits per heavy atom. The molecule has 0 aliphatic carbocycles. The summed E-state index contributed by atoms with van der Waals surface area (Å²) in [4.78, 5) is 11.2. The van der Waals surface area contributed by atoms with Crippen LogP contribution in [-0.4, -0.2) is 40.3 Å². The van der Waals surface area contributed by atoms with E-state index in [4.69, 9.17) is 21.7 Å². The minimum absolute atomic E-state index is 0.106. The third-order valence-corrected chi connectivity index (χ3v) is 2.94. The van der Waals surface area contributed by atoms with E-state index in [1.807, 2.05) is 12.1 Å². The first-order valence-electron chi connectivity index (χ1n) is 6.67. The first-order valence-corrected chi connectivity index (χ1v) is 7.08. The second kappa shape index (κ2) is 7.51. The SMILES string of the molecule is CCOC(=O)COc1ccc(/C=N\n2c(C)n[nH]c2=S)cc1. The Labute approximate surface area is 132 Å². The highest BCUT2D eigenvalue weighted by atomic mass is 32.1. The van der Waals surface area contributed by atoms with E-state index in [0.717, 1.165) is 5.56 Å². The Bertz CT molecular complexity index is 718. The molecule has 0 atom stereocenters. The molecule has 0 saturated heterocycles. The van der Waals surface area contributed by atoms with Gasteiger partial charge < -0.3 is 9.47 Å². The zero-order chi connectivity index (χ0) is 15.9. The van der Waals surface area contributed by atoms with Gasteiger partial charge in [0.05, 0.1) is 12.8 Å². The summed E-state index contributed by atoms with van der Waals surface area (Å²) < 4.78 is 12.1. The predicted octanol–water partition coefficient (Wildman–Crippen LogP) is 2.07. The lowest BCUT2D eigenvalue weighted by Gasteiger charge is -2.05. The largest absolute Gasteiger partial charge is 0.482 e. The molecule has 0 saturated carbocycles. The molecule has 0 bridgehead atoms. The number of esters is 1. The smallest absolute Gasteiger partial charge is 0.344 e. The van der Waals surface area contributed by atoms with Crippen LogP contribution in [0.5, 0.6) is 5.75 Å². The number of rotatable bonds is 6. The van der Waals surface area contributed by atoms with Crippen LogP contribution in [0.4, 0.5) is 0 Å². The summed E-state index contributed by atoms with van der Waals surface area (Å²) in [5, 5.41) is 10.9. The second-order valence-corrected chi connectivity index (χ2v) is 4.68. The molecule has 0 radical (unpaired) electrons. The summed E-state index contributed by atoms with van der Waals surface area (Å²) >= 11 is 5.06. The van der Waals surface area contributed by atoms with E-state index in [1.54, 1.807) is 32.2 Å². The maximum Gasteiger partial charge on any atom is 0.344 e. The molecule has 1 heterocycles. The van der Waals surface area contributed by atoms with Crippen LogP contribution in [0.3, 0.4) is 0 Å². The molecule has 8 heteroatoms. The first kappa shape index (κ1) is 15.9. The van der Waals surface area contributed by atoms with Crippen LogP contribution in [0.15, 0.2) is 29.4 Å². The van der Waals surface area contributed by atoms with Gasteiger partial charge in [0.15, 0.2) is 6.61 Å². The van der Waals surface area contributed by atoms with Gasteiger partial charge in [0.1, 0.15) is 11.6 Å². The number of carbonyl (C=O) groups is 1. The third-order valence-electron chi connectivity index (χ3n) is 2.68. The summed E-state index contributed by atoms with van der Waals surface area (Å²) in [7, 11) is 0. The van der Waals surface area contributed by atoms with Crippen molar-refractivity contribution in [2.24, 2.45) is 5.10 Å². The highest BCUT2D eigenvalue weighted by molar-refractivity contribution is 7.71. The highest BCUT2D eigenvalue weighted by Crippen LogP contribution is 2.11. The van der Waals surface area contributed by atoms with Crippen molar-refractivity contribution in [1.29, 1.82) is 0 Å². The lowest BCUT2D eigenvalue weighted by atomic mass is 10.2. The number of hydrogen-bond acceptors (Lipinski definition) is 6. The van der Waals surface area contributed by atoms with Gasteiger partial charge in [0, 0.05) is 0 Å². The van der Waals surface area contributed by atoms with Crippen molar-refractivity contribution in [2.75, 3.05) is 13.2 Å². The van der Waals surface area contributed by atoms with Crippen LogP contribution < -0.4 is 4.74 Å². The van der Waals surface area contributed by atoms with E-state index in [1.165, 1.54) is 4.68 Å². The van der Waals surface area contributed by atoms with Gasteiger partial charge >= 0.3 is 5.97 Å². The first-order chi connectivity index (χ1) is 10.6. The van der Waals surface area contributed by atoms with Crippen LogP contribution in [-0.2, 0) is 9.53 Å². The molecule has 2 aromatic rings. The average Bonchev–Trinajstić information content (AvgIpc) is 2.83. The number of hydrogen-bond donors (Lipinski definition) is 1. The molecule has 0 aliphatic heterocycles. The summed E-state index contributed by atoms with van der Waals surface area (Å²) in [6.07, 6.45) is 1.66. The highest BCUT2D eigenvalue weighted by Gasteiger charge is 2.03. The summed E-state index contributed by atoms with van der Waals surface area (Å²) in [5.74, 6) is 0.870. The van der Waals surface area contributed by atoms with Crippen LogP contribution in [0, 0.1) is 11.7 Å². The van der Waals surface area contributed by atoms with E-state index in [9.17, 15) is 4.79 Å². The average molecular weight is 320 g/mol. The minimum atomic E-state index is -0.391. The lowest BCUT2D eigenvalue weighted by Crippen LogP contribution is -2.14. The Morgan fingerprint density at radius 2 is 2.18 bits per heavy atom. The molecule has 0 amide bonds. The standard InChI is InChI=1S/C14H16N4O3S/c1-3-20-13(19)9-21-12-6-4-11(5-7-12)8-15-18-10(2)16-17-14(18)22/h4-8H,3,9H2,1-2H3,(H,17,22)/b15-8-. The zero-order valence-corrected chi connectivity index (χ0v) is 13.1. The van der Waals surface area contributed by atoms with E-state index >= 15 is 0 Å². The van der Waals surface area contributed by atoms with Crippen molar-refractivity contribution < 1.29 is 14.3 Å². The maximum absolute atomic E-state index is 11.2. The zero-order valence-electron chi connectivity index (χ0n) is 12.3. The van der Waals surface area contributed by atoms with Crippen molar-refractivity contribution in [3.05, 3.63) is 40.4 Å². The molecule has 1 aromatic carbocycles. The molecule has 1 N–H and O–H groups in total. The molecule has 1 aromatic heterocycles. The van der Waals surface area contributed by atoms with Crippen molar-refractivity contribution in [1.82, 2.24) is 14.9 Å². The molecule has 2 rings (SSSR count). The number of benzene rings is 1. The van der Waals surface area contributed by atoms with Gasteiger partial charge in [0.25, 0.3) is 0 Å². The molecule has 0 spiro atoms. The number of aromatic amines is 1. The van der Waals surface area contributed by atoms with Gasteiger partial charge in [-0.1, -0.05) is 0 Å². The van der Waals surface area contributed by atoms with Crippen molar-refractivity contribution in [3.8, 4) is 5.75 Å². The maximum atomic E-state index is 11.2. The van der Waals surface area contributed by atoms with Crippen LogP contribution >= 0.6 is 12.2 Å². The Hall–Kier alpha value is -2.48. The molecule has 116 valence electrons. The van der Waals surface area contributed by atoms with Gasteiger partial charge in [-0.2, -0.15) is 14.9 Å². The summed E-state index contributed by atoms with van der Waals surface area (Å²) in [6.45, 7) is 3.79. The van der Waals surface area contributed by atoms with Crippen LogP contribution in [0.1, 0.15) is 18.3 Å². The lowest BCUT2D eigenvalue weighted by molar-refractivity contribution is -0.145. The van der Waals surface area contributed by atoms with Gasteiger partial charge in [-0.25, -0.2) is 4.79 Å². The van der Waals surface area contributed by atoms with Gasteiger partial charge in [0.2, 0.25) is 4.77 Å². The molecule has 7 nitrogen and oxygen atoms in total. The Kier molecular flexibility index (Phi) is 5.42. The van der Waals surface area contributed by atoms with Gasteiger partial charge in [-0.15, -0.1) is 0 Å². The van der Waals surface area contributed by atoms with E-state index in [2.05, 4.69) is 15.3 Å². The molecule has 0 unspecified atom stereocenters. The normalized spacial score (nSPS) is 10.8. The predicted molar refractivity (Wildman–Crippen MR) is 83.7 cm³/mol. The monoisotopic (exact) mass is 320 g/mol. The van der Waals surface area contributed by atoms with Crippen molar-refractivity contribution in [2.45, 2.75) is 13.8 Å². The van der Waals surface area contributed by atoms with Gasteiger partial charge in [-0.3, -0.25) is 5.10 Å². The quantitative estimate of drug-likeness (QED) is 0.500. The Morgan fingerprint density at radius 1 is 1.45 bits per heavy atom. The molecular weight excluding hydrogens is 304 g/mol. The molecule has 0 fully saturated rings. The topological polar surface area (TPSA) is 81.5 Å². The number of H-pyrrole nitrogens is 1. The van der Waals surface area contributed by atoms with E-state index < -0.39 is 5.97 Å².